The number of amides is 1. The average Bonchev–Trinajstić information content (AvgIpc) is 2.39. The molecule has 0 aromatic heterocycles. The first-order valence-electron chi connectivity index (χ1n) is 6.80. The molecule has 7 heteroatoms. The maximum Gasteiger partial charge on any atom is 0.239 e. The molecule has 0 spiro atoms. The maximum absolute atomic E-state index is 12.8. The molecule has 0 atom stereocenters. The van der Waals surface area contributed by atoms with Gasteiger partial charge in [0.05, 0.1) is 6.54 Å². The zero-order valence-electron chi connectivity index (χ0n) is 13.4. The molecule has 0 bridgehead atoms. The molecule has 0 saturated heterocycles. The van der Waals surface area contributed by atoms with Crippen LogP contribution >= 0.6 is 24.0 Å². The fraction of sp³-hybridized carbons (Fsp3) is 0.467. The molecule has 0 heterocycles. The second-order valence-corrected chi connectivity index (χ2v) is 5.70. The van der Waals surface area contributed by atoms with Gasteiger partial charge in [0.2, 0.25) is 5.91 Å². The summed E-state index contributed by atoms with van der Waals surface area (Å²) in [5.41, 5.74) is 0.669. The van der Waals surface area contributed by atoms with Crippen LogP contribution < -0.4 is 16.0 Å². The fourth-order valence-electron chi connectivity index (χ4n) is 1.64. The molecule has 0 radical (unpaired) electrons. The van der Waals surface area contributed by atoms with Crippen LogP contribution in [0, 0.1) is 5.82 Å². The third-order valence-corrected chi connectivity index (χ3v) is 2.53. The summed E-state index contributed by atoms with van der Waals surface area (Å²) in [5.74, 6) is 0.149. The fourth-order valence-corrected chi connectivity index (χ4v) is 1.64. The van der Waals surface area contributed by atoms with E-state index in [2.05, 4.69) is 20.9 Å². The monoisotopic (exact) mass is 422 g/mol. The topological polar surface area (TPSA) is 65.5 Å². The number of carbonyl (C=O) groups is 1. The van der Waals surface area contributed by atoms with Crippen LogP contribution in [0.15, 0.2) is 29.3 Å². The van der Waals surface area contributed by atoms with Gasteiger partial charge in [-0.3, -0.25) is 9.79 Å². The van der Waals surface area contributed by atoms with Gasteiger partial charge in [0.15, 0.2) is 5.96 Å². The van der Waals surface area contributed by atoms with Crippen molar-refractivity contribution in [3.63, 3.8) is 0 Å². The van der Waals surface area contributed by atoms with Crippen molar-refractivity contribution < 1.29 is 9.18 Å². The molecule has 0 fully saturated rings. The Morgan fingerprint density at radius 1 is 1.18 bits per heavy atom. The van der Waals surface area contributed by atoms with E-state index in [0.717, 1.165) is 5.56 Å². The van der Waals surface area contributed by atoms with E-state index in [1.54, 1.807) is 19.2 Å². The van der Waals surface area contributed by atoms with Crippen molar-refractivity contribution in [3.8, 4) is 0 Å². The highest BCUT2D eigenvalue weighted by molar-refractivity contribution is 14.0. The summed E-state index contributed by atoms with van der Waals surface area (Å²) in [6.07, 6.45) is 0. The second-order valence-electron chi connectivity index (χ2n) is 5.70. The molecule has 3 N–H and O–H groups in total. The van der Waals surface area contributed by atoms with E-state index in [9.17, 15) is 9.18 Å². The molecule has 1 amide bonds. The van der Waals surface area contributed by atoms with Crippen molar-refractivity contribution in [2.75, 3.05) is 13.6 Å². The molecule has 0 saturated carbocycles. The summed E-state index contributed by atoms with van der Waals surface area (Å²) in [6.45, 7) is 6.41. The number of benzene rings is 1. The molecule has 1 aromatic carbocycles. The largest absolute Gasteiger partial charge is 0.352 e. The molecule has 0 unspecified atom stereocenters. The number of guanidine groups is 1. The molecular formula is C15H24FIN4O. The van der Waals surface area contributed by atoms with Gasteiger partial charge in [-0.25, -0.2) is 4.39 Å². The highest BCUT2D eigenvalue weighted by Crippen LogP contribution is 2.01. The molecule has 1 rings (SSSR count). The Kier molecular flexibility index (Phi) is 9.00. The molecule has 0 aliphatic carbocycles. The first kappa shape index (κ1) is 20.6. The minimum absolute atomic E-state index is 0. The lowest BCUT2D eigenvalue weighted by molar-refractivity contribution is -0.121. The Balaban J connectivity index is 0.00000441. The van der Waals surface area contributed by atoms with Crippen LogP contribution in [0.1, 0.15) is 26.3 Å². The zero-order valence-corrected chi connectivity index (χ0v) is 15.7. The summed E-state index contributed by atoms with van der Waals surface area (Å²) >= 11 is 0. The van der Waals surface area contributed by atoms with Crippen LogP contribution in [-0.4, -0.2) is 31.0 Å². The number of halogens is 2. The smallest absolute Gasteiger partial charge is 0.239 e. The van der Waals surface area contributed by atoms with Crippen molar-refractivity contribution in [2.45, 2.75) is 32.9 Å². The van der Waals surface area contributed by atoms with Gasteiger partial charge < -0.3 is 16.0 Å². The first-order valence-corrected chi connectivity index (χ1v) is 6.80. The van der Waals surface area contributed by atoms with Gasteiger partial charge in [-0.05, 0) is 38.5 Å². The SMILES string of the molecule is CN=C(NCC(=O)NC(C)(C)C)NCc1ccc(F)cc1.I. The van der Waals surface area contributed by atoms with Crippen molar-refractivity contribution in [1.82, 2.24) is 16.0 Å². The lowest BCUT2D eigenvalue weighted by Gasteiger charge is -2.21. The Labute approximate surface area is 148 Å². The number of carbonyl (C=O) groups excluding carboxylic acids is 1. The van der Waals surface area contributed by atoms with Crippen LogP contribution in [0.5, 0.6) is 0 Å². The summed E-state index contributed by atoms with van der Waals surface area (Å²) in [4.78, 5) is 15.7. The van der Waals surface area contributed by atoms with Crippen LogP contribution in [0.3, 0.4) is 0 Å². The lowest BCUT2D eigenvalue weighted by Crippen LogP contribution is -2.48. The molecule has 1 aromatic rings. The highest BCUT2D eigenvalue weighted by atomic mass is 127. The predicted molar refractivity (Wildman–Crippen MR) is 97.9 cm³/mol. The van der Waals surface area contributed by atoms with E-state index in [1.165, 1.54) is 12.1 Å². The second kappa shape index (κ2) is 9.60. The molecule has 22 heavy (non-hydrogen) atoms. The van der Waals surface area contributed by atoms with Crippen LogP contribution in [-0.2, 0) is 11.3 Å². The molecule has 124 valence electrons. The highest BCUT2D eigenvalue weighted by Gasteiger charge is 2.13. The van der Waals surface area contributed by atoms with E-state index in [1.807, 2.05) is 20.8 Å². The molecular weight excluding hydrogens is 398 g/mol. The number of hydrogen-bond donors (Lipinski definition) is 3. The van der Waals surface area contributed by atoms with E-state index in [-0.39, 0.29) is 47.8 Å². The van der Waals surface area contributed by atoms with Crippen LogP contribution in [0.4, 0.5) is 4.39 Å². The van der Waals surface area contributed by atoms with Crippen molar-refractivity contribution in [2.24, 2.45) is 4.99 Å². The maximum atomic E-state index is 12.8. The van der Waals surface area contributed by atoms with Gasteiger partial charge in [-0.15, -0.1) is 24.0 Å². The summed E-state index contributed by atoms with van der Waals surface area (Å²) in [7, 11) is 1.63. The number of nitrogens with zero attached hydrogens (tertiary/aromatic N) is 1. The first-order chi connectivity index (χ1) is 9.80. The summed E-state index contributed by atoms with van der Waals surface area (Å²) in [6, 6.07) is 6.21. The molecule has 5 nitrogen and oxygen atoms in total. The van der Waals surface area contributed by atoms with E-state index in [4.69, 9.17) is 0 Å². The Hall–Kier alpha value is -1.38. The van der Waals surface area contributed by atoms with Gasteiger partial charge in [0.1, 0.15) is 5.82 Å². The normalized spacial score (nSPS) is 11.4. The van der Waals surface area contributed by atoms with Gasteiger partial charge in [-0.1, -0.05) is 12.1 Å². The van der Waals surface area contributed by atoms with Gasteiger partial charge in [0, 0.05) is 19.1 Å². The summed E-state index contributed by atoms with van der Waals surface area (Å²) < 4.78 is 12.8. The van der Waals surface area contributed by atoms with Gasteiger partial charge >= 0.3 is 0 Å². The Morgan fingerprint density at radius 2 is 1.77 bits per heavy atom. The predicted octanol–water partition coefficient (Wildman–Crippen LogP) is 2.02. The van der Waals surface area contributed by atoms with Gasteiger partial charge in [-0.2, -0.15) is 0 Å². The average molecular weight is 422 g/mol. The van der Waals surface area contributed by atoms with Crippen LogP contribution in [0.25, 0.3) is 0 Å². The number of hydrogen-bond acceptors (Lipinski definition) is 2. The minimum atomic E-state index is -0.264. The molecule has 0 aliphatic rings. The Morgan fingerprint density at radius 3 is 2.27 bits per heavy atom. The van der Waals surface area contributed by atoms with E-state index in [0.29, 0.717) is 12.5 Å². The van der Waals surface area contributed by atoms with E-state index >= 15 is 0 Å². The standard InChI is InChI=1S/C15H23FN4O.HI/c1-15(2,3)20-13(21)10-19-14(17-4)18-9-11-5-7-12(16)8-6-11;/h5-8H,9-10H2,1-4H3,(H,20,21)(H2,17,18,19);1H. The number of aliphatic imine (C=N–C) groups is 1. The number of nitrogens with one attached hydrogen (secondary N) is 3. The van der Waals surface area contributed by atoms with Crippen LogP contribution in [0.2, 0.25) is 0 Å². The minimum Gasteiger partial charge on any atom is -0.352 e. The third-order valence-electron chi connectivity index (χ3n) is 2.53. The molecule has 0 aliphatic heterocycles. The van der Waals surface area contributed by atoms with Crippen molar-refractivity contribution in [1.29, 1.82) is 0 Å². The third kappa shape index (κ3) is 8.81. The quantitative estimate of drug-likeness (QED) is 0.395. The van der Waals surface area contributed by atoms with Crippen molar-refractivity contribution in [3.05, 3.63) is 35.6 Å². The summed E-state index contributed by atoms with van der Waals surface area (Å²) in [5, 5.41) is 8.84. The Bertz CT molecular complexity index is 497. The van der Waals surface area contributed by atoms with E-state index < -0.39 is 0 Å². The zero-order chi connectivity index (χ0) is 15.9. The number of rotatable bonds is 4. The van der Waals surface area contributed by atoms with Gasteiger partial charge in [0.25, 0.3) is 0 Å². The van der Waals surface area contributed by atoms with Crippen molar-refractivity contribution >= 4 is 35.8 Å². The lowest BCUT2D eigenvalue weighted by atomic mass is 10.1.